The first-order valence-corrected chi connectivity index (χ1v) is 29.1. The predicted molar refractivity (Wildman–Crippen MR) is 300 cm³/mol. The number of anilines is 2. The Kier molecular flexibility index (Phi) is 13.9. The Labute approximate surface area is 463 Å². The number of piperidine rings is 3. The summed E-state index contributed by atoms with van der Waals surface area (Å²) < 4.78 is 53.8. The van der Waals surface area contributed by atoms with Gasteiger partial charge in [0.05, 0.1) is 46.4 Å². The summed E-state index contributed by atoms with van der Waals surface area (Å²) in [6.45, 7) is 10.1. The third-order valence-corrected chi connectivity index (χ3v) is 18.8. The number of amides is 3. The van der Waals surface area contributed by atoms with Crippen LogP contribution in [0.1, 0.15) is 114 Å². The normalized spacial score (nSPS) is 24.0. The molecule has 19 heteroatoms. The van der Waals surface area contributed by atoms with Crippen LogP contribution in [0.2, 0.25) is 0 Å². The molecule has 80 heavy (non-hydrogen) atoms. The Balaban J connectivity index is 0.646. The van der Waals surface area contributed by atoms with E-state index in [9.17, 15) is 19.5 Å². The number of carbonyl (C=O) groups is 3. The fourth-order valence-corrected chi connectivity index (χ4v) is 14.6. The monoisotopic (exact) mass is 1090 g/mol. The average Bonchev–Trinajstić information content (AvgIpc) is 4.11. The molecule has 7 aliphatic heterocycles. The second-order valence-corrected chi connectivity index (χ2v) is 23.6. The van der Waals surface area contributed by atoms with Crippen molar-refractivity contribution in [2.24, 2.45) is 18.9 Å². The Morgan fingerprint density at radius 3 is 2.51 bits per heavy atom. The van der Waals surface area contributed by atoms with Crippen LogP contribution in [0, 0.1) is 23.5 Å². The number of pyridine rings is 1. The van der Waals surface area contributed by atoms with Crippen LogP contribution < -0.4 is 19.9 Å². The Morgan fingerprint density at radius 1 is 0.900 bits per heavy atom. The molecular weight excluding hydrogens is 1020 g/mol. The van der Waals surface area contributed by atoms with Crippen LogP contribution in [0.5, 0.6) is 11.8 Å². The largest absolute Gasteiger partial charge is 0.508 e. The van der Waals surface area contributed by atoms with Crippen molar-refractivity contribution in [1.82, 2.24) is 39.8 Å². The minimum Gasteiger partial charge on any atom is -0.508 e. The lowest BCUT2D eigenvalue weighted by molar-refractivity contribution is -0.134. The molecule has 6 fully saturated rings. The van der Waals surface area contributed by atoms with Gasteiger partial charge in [0.25, 0.3) is 0 Å². The first kappa shape index (κ1) is 52.4. The molecule has 0 radical (unpaired) electrons. The van der Waals surface area contributed by atoms with Crippen molar-refractivity contribution >= 4 is 67.6 Å². The molecule has 6 aromatic rings. The second-order valence-electron chi connectivity index (χ2n) is 23.6. The summed E-state index contributed by atoms with van der Waals surface area (Å²) in [7, 11) is 1.91. The molecular formula is C61H70F2N10O7. The molecule has 0 bridgehead atoms. The van der Waals surface area contributed by atoms with Crippen LogP contribution in [-0.2, 0) is 32.5 Å². The lowest BCUT2D eigenvalue weighted by atomic mass is 9.83. The van der Waals surface area contributed by atoms with Crippen LogP contribution >= 0.6 is 0 Å². The smallest absolute Gasteiger partial charge is 0.409 e. The van der Waals surface area contributed by atoms with E-state index in [2.05, 4.69) is 44.3 Å². The highest BCUT2D eigenvalue weighted by Crippen LogP contribution is 2.46. The highest BCUT2D eigenvalue weighted by Gasteiger charge is 2.50. The fourth-order valence-electron chi connectivity index (χ4n) is 14.6. The third-order valence-electron chi connectivity index (χ3n) is 18.8. The van der Waals surface area contributed by atoms with Crippen LogP contribution in [0.15, 0.2) is 48.5 Å². The van der Waals surface area contributed by atoms with E-state index in [-0.39, 0.29) is 70.7 Å². The van der Waals surface area contributed by atoms with E-state index in [0.29, 0.717) is 104 Å². The van der Waals surface area contributed by atoms with Gasteiger partial charge in [0.1, 0.15) is 41.8 Å². The maximum absolute atomic E-state index is 17.7. The number of hydrogen-bond donors (Lipinski definition) is 2. The number of aromatic hydroxyl groups is 1. The van der Waals surface area contributed by atoms with Crippen LogP contribution in [0.3, 0.4) is 0 Å². The molecule has 3 amide bonds. The number of hydrogen-bond acceptors (Lipinski definition) is 14. The first-order valence-electron chi connectivity index (χ1n) is 29.1. The summed E-state index contributed by atoms with van der Waals surface area (Å²) >= 11 is 0. The van der Waals surface area contributed by atoms with Crippen molar-refractivity contribution in [3.05, 3.63) is 77.1 Å². The molecule has 7 aliphatic rings. The molecule has 10 heterocycles. The Morgan fingerprint density at radius 2 is 1.71 bits per heavy atom. The van der Waals surface area contributed by atoms with E-state index in [1.165, 1.54) is 12.1 Å². The van der Waals surface area contributed by atoms with Crippen molar-refractivity contribution in [2.75, 3.05) is 75.5 Å². The Bertz CT molecular complexity index is 3480. The van der Waals surface area contributed by atoms with Gasteiger partial charge in [-0.2, -0.15) is 15.1 Å². The molecule has 3 aromatic carbocycles. The van der Waals surface area contributed by atoms with E-state index >= 15 is 8.78 Å². The number of imide groups is 1. The van der Waals surface area contributed by atoms with Crippen molar-refractivity contribution in [1.29, 1.82) is 0 Å². The molecule has 13 rings (SSSR count). The number of halogens is 2. The van der Waals surface area contributed by atoms with Crippen molar-refractivity contribution in [2.45, 2.75) is 121 Å². The fraction of sp³-hybridized carbons (Fsp3) is 0.525. The molecule has 6 saturated heterocycles. The van der Waals surface area contributed by atoms with Gasteiger partial charge in [-0.3, -0.25) is 24.5 Å². The summed E-state index contributed by atoms with van der Waals surface area (Å²) in [4.78, 5) is 62.0. The number of ether oxygens (including phenoxy) is 3. The minimum absolute atomic E-state index is 0.0347. The van der Waals surface area contributed by atoms with E-state index in [4.69, 9.17) is 34.3 Å². The van der Waals surface area contributed by atoms with Crippen molar-refractivity contribution < 1.29 is 42.5 Å². The van der Waals surface area contributed by atoms with Gasteiger partial charge in [-0.25, -0.2) is 18.6 Å². The first-order chi connectivity index (χ1) is 38.8. The van der Waals surface area contributed by atoms with Crippen LogP contribution in [0.4, 0.5) is 25.1 Å². The predicted octanol–water partition coefficient (Wildman–Crippen LogP) is 9.34. The quantitative estimate of drug-likeness (QED) is 0.117. The third kappa shape index (κ3) is 9.44. The number of aryl methyl sites for hydroxylation is 2. The summed E-state index contributed by atoms with van der Waals surface area (Å²) in [6.07, 6.45) is 12.6. The molecule has 1 unspecified atom stereocenters. The van der Waals surface area contributed by atoms with Gasteiger partial charge in [0.2, 0.25) is 11.8 Å². The van der Waals surface area contributed by atoms with Crippen LogP contribution in [0.25, 0.3) is 49.4 Å². The minimum atomic E-state index is -0.708. The molecule has 4 atom stereocenters. The number of phenols is 1. The lowest BCUT2D eigenvalue weighted by Crippen LogP contribution is -2.48. The standard InChI is InChI=1S/C61H70F2N10O7/c1-4-43-47(62)11-7-38-29-42(74)31-46(50(38)43)55-52(63)56-51-53(65-55)35(2)27-41-32-78-26-6-20-72(41)57(51)67-59(66-56)80-34-61-18-5-21-73(61)40(13-19-61)33-79-60(77)71-24-16-37(17-25-71)28-36-14-22-70(23-15-36)39-8-9-44-48(30-39)69(3)68-54(44)45-10-12-49(75)64-58(45)76/h7-9,11,27,29-31,36-37,40-41,45,74H,4-6,10,12-26,28,32-34H2,1-3H3,(H,64,75,76)/t40-,41-,45?,61-/m0/s1. The SMILES string of the molecule is CCc1c(F)ccc2cc(O)cc(-c3nc4c5c(nc(OC[C@@]67CCCN6[C@H](COC(=O)N6CCC(CC8CCN(c9ccc%10c(C%11CCC(=O)NC%11=O)nn(C)c%10c9)CC8)CC6)CC7)nc5c3F)N3CCCOC[C@@H]3C=C4C)c12. The van der Waals surface area contributed by atoms with Crippen LogP contribution in [-0.4, -0.2) is 141 Å². The number of aromatic nitrogens is 5. The number of nitrogens with zero attached hydrogens (tertiary/aromatic N) is 9. The molecule has 0 saturated carbocycles. The van der Waals surface area contributed by atoms with Gasteiger partial charge >= 0.3 is 12.1 Å². The zero-order valence-electron chi connectivity index (χ0n) is 45.9. The molecule has 3 aromatic heterocycles. The number of carbonyl (C=O) groups excluding carboxylic acids is 3. The number of rotatable bonds is 11. The molecule has 2 N–H and O–H groups in total. The van der Waals surface area contributed by atoms with E-state index in [0.717, 1.165) is 112 Å². The van der Waals surface area contributed by atoms with Gasteiger partial charge in [0.15, 0.2) is 5.82 Å². The van der Waals surface area contributed by atoms with Crippen molar-refractivity contribution in [3.63, 3.8) is 0 Å². The van der Waals surface area contributed by atoms with Crippen molar-refractivity contribution in [3.8, 4) is 23.0 Å². The van der Waals surface area contributed by atoms with E-state index in [1.807, 2.05) is 30.5 Å². The van der Waals surface area contributed by atoms with Gasteiger partial charge in [0, 0.05) is 75.5 Å². The van der Waals surface area contributed by atoms with Gasteiger partial charge in [-0.1, -0.05) is 19.1 Å². The number of allylic oxidation sites excluding steroid dienone is 1. The van der Waals surface area contributed by atoms with Gasteiger partial charge in [-0.05, 0) is 161 Å². The number of likely N-dealkylation sites (tertiary alicyclic amines) is 1. The maximum Gasteiger partial charge on any atom is 0.409 e. The molecule has 0 aliphatic carbocycles. The summed E-state index contributed by atoms with van der Waals surface area (Å²) in [5, 5.41) is 20.6. The highest BCUT2D eigenvalue weighted by atomic mass is 19.1. The second kappa shape index (κ2) is 21.2. The molecule has 420 valence electrons. The maximum atomic E-state index is 17.7. The lowest BCUT2D eigenvalue weighted by Gasteiger charge is -2.37. The Hall–Kier alpha value is -6.99. The highest BCUT2D eigenvalue weighted by molar-refractivity contribution is 6.05. The van der Waals surface area contributed by atoms with Gasteiger partial charge < -0.3 is 34.0 Å². The topological polar surface area (TPSA) is 181 Å². The number of phenolic OH excluding ortho intramolecular Hbond substituents is 1. The zero-order valence-corrected chi connectivity index (χ0v) is 45.9. The summed E-state index contributed by atoms with van der Waals surface area (Å²) in [5.41, 5.74) is 4.53. The average molecular weight is 1090 g/mol. The number of benzene rings is 3. The number of nitrogens with one attached hydrogen (secondary N) is 1. The van der Waals surface area contributed by atoms with E-state index < -0.39 is 17.6 Å². The van der Waals surface area contributed by atoms with E-state index in [1.54, 1.807) is 12.1 Å². The van der Waals surface area contributed by atoms with Gasteiger partial charge in [-0.15, -0.1) is 0 Å². The molecule has 0 spiro atoms. The number of fused-ring (bicyclic) bond motifs is 5. The molecule has 17 nitrogen and oxygen atoms in total. The zero-order chi connectivity index (χ0) is 55.0. The summed E-state index contributed by atoms with van der Waals surface area (Å²) in [5.74, 6) is -0.412. The summed E-state index contributed by atoms with van der Waals surface area (Å²) in [6, 6.07) is 12.3.